The van der Waals surface area contributed by atoms with Crippen LogP contribution in [0.25, 0.3) is 26.4 Å². The molecule has 13 heteroatoms. The first kappa shape index (κ1) is 84.6. The minimum absolute atomic E-state index is 0.393. The van der Waals surface area contributed by atoms with Gasteiger partial charge in [0.2, 0.25) is 0 Å². The van der Waals surface area contributed by atoms with Gasteiger partial charge in [-0.25, -0.2) is 0 Å². The molecular weight excluding hydrogens is 1430 g/mol. The number of rotatable bonds is 60. The Labute approximate surface area is 644 Å². The lowest BCUT2D eigenvalue weighted by atomic mass is 9.96. The molecule has 3 aromatic heterocycles. The van der Waals surface area contributed by atoms with Crippen molar-refractivity contribution in [3.05, 3.63) is 85.1 Å². The fraction of sp³-hybridized carbons (Fsp3) is 0.682. The number of anilines is 4. The molecule has 7 rings (SSSR count). The van der Waals surface area contributed by atoms with Crippen LogP contribution in [0.5, 0.6) is 23.0 Å². The van der Waals surface area contributed by atoms with E-state index >= 15 is 0 Å². The van der Waals surface area contributed by atoms with Crippen LogP contribution in [0.4, 0.5) is 22.1 Å². The summed E-state index contributed by atoms with van der Waals surface area (Å²) in [5, 5.41) is 6.22. The molecule has 8 nitrogen and oxygen atoms in total. The van der Waals surface area contributed by atoms with Gasteiger partial charge in [-0.3, -0.25) is 0 Å². The van der Waals surface area contributed by atoms with Crippen molar-refractivity contribution in [1.29, 1.82) is 0 Å². The highest BCUT2D eigenvalue weighted by Gasteiger charge is 2.35. The highest BCUT2D eigenvalue weighted by molar-refractivity contribution is 9.11. The Bertz CT molecular complexity index is 3210. The molecule has 1 aliphatic rings. The number of unbranched alkanes of at least 4 members (excludes halogenated alkanes) is 38. The molecule has 0 radical (unpaired) electrons. The van der Waals surface area contributed by atoms with E-state index in [1.165, 1.54) is 279 Å². The molecule has 3 aromatic carbocycles. The van der Waals surface area contributed by atoms with Gasteiger partial charge in [0.05, 0.1) is 56.8 Å². The molecule has 0 saturated carbocycles. The van der Waals surface area contributed by atoms with E-state index in [0.29, 0.717) is 38.3 Å². The fourth-order valence-electron chi connectivity index (χ4n) is 14.4. The van der Waals surface area contributed by atoms with Crippen molar-refractivity contribution in [2.75, 3.05) is 36.2 Å². The number of nitrogens with zero attached hydrogens (tertiary/aromatic N) is 4. The Morgan fingerprint density at radius 3 is 1.24 bits per heavy atom. The van der Waals surface area contributed by atoms with Gasteiger partial charge in [-0.1, -0.05) is 317 Å². The highest BCUT2D eigenvalue weighted by Crippen LogP contribution is 2.57. The first-order valence-electron chi connectivity index (χ1n) is 41.6. The van der Waals surface area contributed by atoms with Gasteiger partial charge in [0.15, 0.2) is 23.0 Å². The maximum absolute atomic E-state index is 7.08. The lowest BCUT2D eigenvalue weighted by molar-refractivity contribution is 0.258. The van der Waals surface area contributed by atoms with Gasteiger partial charge in [0, 0.05) is 28.3 Å². The van der Waals surface area contributed by atoms with E-state index in [0.717, 1.165) is 123 Å². The predicted octanol–water partition coefficient (Wildman–Crippen LogP) is 32.1. The number of hydrogen-bond donors (Lipinski definition) is 0. The van der Waals surface area contributed by atoms with Crippen LogP contribution in [-0.2, 0) is 0 Å². The van der Waals surface area contributed by atoms with Gasteiger partial charge in [-0.15, -0.1) is 27.8 Å². The molecular formula is C88H136Br2N4O4S3. The SMILES string of the molecule is CCCCCCCCCCCCOc1ccc(C2=CN(c3cc(C(C)CCCC)c(Br)s3)c3c(cc(-c4cc(C(C)CCCC)c(Br)s4)c4nnsc34)N2c2ccc(OCCCCCCCCCCCC)c(OCCCCCCCCCCCC)c2)cc1OCCCCCCCCCCCC. The van der Waals surface area contributed by atoms with Crippen LogP contribution in [0.3, 0.4) is 0 Å². The van der Waals surface area contributed by atoms with Crippen molar-refractivity contribution in [3.8, 4) is 33.4 Å². The summed E-state index contributed by atoms with van der Waals surface area (Å²) in [5.41, 5.74) is 9.91. The van der Waals surface area contributed by atoms with Crippen molar-refractivity contribution >= 4 is 104 Å². The minimum atomic E-state index is 0.393. The molecule has 0 aliphatic carbocycles. The smallest absolute Gasteiger partial charge is 0.163 e. The van der Waals surface area contributed by atoms with Crippen molar-refractivity contribution in [1.82, 2.24) is 9.59 Å². The van der Waals surface area contributed by atoms with Gasteiger partial charge < -0.3 is 28.7 Å². The van der Waals surface area contributed by atoms with Crippen LogP contribution in [0.15, 0.2) is 68.4 Å². The largest absolute Gasteiger partial charge is 0.490 e. The van der Waals surface area contributed by atoms with Crippen LogP contribution in [0, 0.1) is 0 Å². The van der Waals surface area contributed by atoms with Crippen molar-refractivity contribution in [2.24, 2.45) is 0 Å². The van der Waals surface area contributed by atoms with Crippen molar-refractivity contribution in [2.45, 2.75) is 363 Å². The molecule has 101 heavy (non-hydrogen) atoms. The molecule has 2 atom stereocenters. The second-order valence-corrected chi connectivity index (χ2v) is 35.1. The zero-order valence-electron chi connectivity index (χ0n) is 64.7. The quantitative estimate of drug-likeness (QED) is 0.0350. The van der Waals surface area contributed by atoms with E-state index in [9.17, 15) is 0 Å². The van der Waals surface area contributed by atoms with E-state index in [1.807, 2.05) is 22.7 Å². The molecule has 4 heterocycles. The number of thiophene rings is 2. The molecule has 0 amide bonds. The van der Waals surface area contributed by atoms with Gasteiger partial charge in [0.1, 0.15) is 15.2 Å². The van der Waals surface area contributed by atoms with Crippen molar-refractivity contribution in [3.63, 3.8) is 0 Å². The van der Waals surface area contributed by atoms with Crippen LogP contribution in [0.1, 0.15) is 379 Å². The highest BCUT2D eigenvalue weighted by atomic mass is 79.9. The number of halogens is 2. The summed E-state index contributed by atoms with van der Waals surface area (Å²) in [5.74, 6) is 4.05. The molecule has 6 aromatic rings. The van der Waals surface area contributed by atoms with E-state index in [4.69, 9.17) is 28.5 Å². The molecule has 1 aliphatic heterocycles. The number of aromatic nitrogens is 2. The summed E-state index contributed by atoms with van der Waals surface area (Å²) in [6.45, 7) is 21.2. The summed E-state index contributed by atoms with van der Waals surface area (Å²) in [7, 11) is 0. The predicted molar refractivity (Wildman–Crippen MR) is 451 cm³/mol. The zero-order chi connectivity index (χ0) is 71.5. The average molecular weight is 1570 g/mol. The summed E-state index contributed by atoms with van der Waals surface area (Å²) < 4.78 is 36.2. The summed E-state index contributed by atoms with van der Waals surface area (Å²) >= 11 is 13.4. The zero-order valence-corrected chi connectivity index (χ0v) is 70.3. The molecule has 0 fully saturated rings. The van der Waals surface area contributed by atoms with E-state index in [2.05, 4.69) is 158 Å². The molecule has 0 bridgehead atoms. The van der Waals surface area contributed by atoms with Crippen molar-refractivity contribution < 1.29 is 18.9 Å². The third-order valence-electron chi connectivity index (χ3n) is 20.9. The Morgan fingerprint density at radius 1 is 0.406 bits per heavy atom. The van der Waals surface area contributed by atoms with Gasteiger partial charge >= 0.3 is 0 Å². The van der Waals surface area contributed by atoms with Gasteiger partial charge in [0.25, 0.3) is 0 Å². The summed E-state index contributed by atoms with van der Waals surface area (Å²) in [4.78, 5) is 6.15. The summed E-state index contributed by atoms with van der Waals surface area (Å²) in [6.07, 6.45) is 60.7. The molecule has 0 N–H and O–H groups in total. The van der Waals surface area contributed by atoms with Gasteiger partial charge in [-0.05, 0) is 153 Å². The maximum atomic E-state index is 7.08. The van der Waals surface area contributed by atoms with Crippen LogP contribution < -0.4 is 28.7 Å². The number of hydrogen-bond acceptors (Lipinski definition) is 11. The Kier molecular flexibility index (Phi) is 42.6. The van der Waals surface area contributed by atoms with E-state index in [-0.39, 0.29) is 0 Å². The second-order valence-electron chi connectivity index (χ2n) is 29.6. The maximum Gasteiger partial charge on any atom is 0.163 e. The minimum Gasteiger partial charge on any atom is -0.490 e. The summed E-state index contributed by atoms with van der Waals surface area (Å²) in [6, 6.07) is 20.8. The van der Waals surface area contributed by atoms with E-state index in [1.54, 1.807) is 0 Å². The monoisotopic (exact) mass is 1570 g/mol. The van der Waals surface area contributed by atoms with Crippen LogP contribution in [0.2, 0.25) is 0 Å². The van der Waals surface area contributed by atoms with E-state index < -0.39 is 0 Å². The third-order valence-corrected chi connectivity index (χ3v) is 25.4. The standard InChI is InChI=1S/C88H136Br2N4O4S3/c1-9-15-21-25-29-33-37-41-45-49-59-95-78-57-55-71(63-80(78)97-61-51-47-43-39-35-31-27-23-17-11-3)77-68-93(83-67-74(88(90)100-83)70(8)54-20-14-6)85-76(65-75(84-86(85)101-92-91-84)82-66-73(87(89)99-82)69(7)53-19-13-5)94(77)72-56-58-79(96-60-50-46-42-38-34-30-26-22-16-10-2)81(64-72)98-62-52-48-44-40-36-32-28-24-18-12-4/h55-58,63-70H,9-54,59-62H2,1-8H3. The Balaban J connectivity index is 1.33. The average Bonchev–Trinajstić information content (AvgIpc) is 1.71. The van der Waals surface area contributed by atoms with Crippen LogP contribution >= 0.6 is 66.1 Å². The fourth-order valence-corrected chi connectivity index (χ4v) is 19.2. The lowest BCUT2D eigenvalue weighted by Crippen LogP contribution is -2.26. The molecule has 0 spiro atoms. The first-order chi connectivity index (χ1) is 49.6. The first-order valence-corrected chi connectivity index (χ1v) is 45.6. The molecule has 564 valence electrons. The second kappa shape index (κ2) is 50.8. The molecule has 2 unspecified atom stereocenters. The third kappa shape index (κ3) is 28.9. The Morgan fingerprint density at radius 2 is 0.792 bits per heavy atom. The number of fused-ring (bicyclic) bond motifs is 3. The lowest BCUT2D eigenvalue weighted by Gasteiger charge is -2.38. The Hall–Kier alpha value is -3.62. The van der Waals surface area contributed by atoms with Gasteiger partial charge in [-0.2, -0.15) is 0 Å². The number of ether oxygens (including phenoxy) is 4. The number of benzene rings is 3. The topological polar surface area (TPSA) is 69.2 Å². The van der Waals surface area contributed by atoms with Crippen LogP contribution in [-0.4, -0.2) is 36.0 Å². The molecule has 0 saturated heterocycles. The normalized spacial score (nSPS) is 13.0.